The van der Waals surface area contributed by atoms with Gasteiger partial charge in [-0.1, -0.05) is 24.3 Å². The van der Waals surface area contributed by atoms with E-state index in [4.69, 9.17) is 0 Å². The maximum absolute atomic E-state index is 2.60. The van der Waals surface area contributed by atoms with E-state index < -0.39 is 0 Å². The first kappa shape index (κ1) is 15.7. The fourth-order valence-corrected chi connectivity index (χ4v) is 4.06. The lowest BCUT2D eigenvalue weighted by Crippen LogP contribution is -2.28. The summed E-state index contributed by atoms with van der Waals surface area (Å²) in [5.74, 6) is 0. The molecule has 3 heteroatoms. The first-order chi connectivity index (χ1) is 11.8. The van der Waals surface area contributed by atoms with Crippen LogP contribution in [0.2, 0.25) is 0 Å². The van der Waals surface area contributed by atoms with Gasteiger partial charge >= 0.3 is 0 Å². The lowest BCUT2D eigenvalue weighted by atomic mass is 10.1. The molecular weight excluding hydrogens is 294 g/mol. The molecule has 0 bridgehead atoms. The van der Waals surface area contributed by atoms with Crippen molar-refractivity contribution in [2.75, 3.05) is 33.2 Å². The van der Waals surface area contributed by atoms with Gasteiger partial charge in [0.1, 0.15) is 0 Å². The van der Waals surface area contributed by atoms with Crippen LogP contribution in [0.4, 0.5) is 0 Å². The molecule has 0 aliphatic carbocycles. The molecule has 24 heavy (non-hydrogen) atoms. The van der Waals surface area contributed by atoms with Crippen LogP contribution < -0.4 is 0 Å². The minimum atomic E-state index is 1.02. The SMILES string of the molecule is CCn1c2ccccc2c2cc(CN3CCCN(C)CC3)ccc21. The molecule has 2 heterocycles. The maximum atomic E-state index is 2.60. The van der Waals surface area contributed by atoms with Crippen LogP contribution in [0.25, 0.3) is 21.8 Å². The second kappa shape index (κ2) is 6.58. The number of para-hydroxylation sites is 1. The monoisotopic (exact) mass is 321 g/mol. The Morgan fingerprint density at radius 3 is 2.58 bits per heavy atom. The number of fused-ring (bicyclic) bond motifs is 3. The molecule has 1 aromatic heterocycles. The molecule has 3 nitrogen and oxygen atoms in total. The van der Waals surface area contributed by atoms with E-state index in [-0.39, 0.29) is 0 Å². The van der Waals surface area contributed by atoms with Crippen LogP contribution in [0.15, 0.2) is 42.5 Å². The van der Waals surface area contributed by atoms with E-state index >= 15 is 0 Å². The summed E-state index contributed by atoms with van der Waals surface area (Å²) in [5, 5.41) is 2.78. The molecule has 0 atom stereocenters. The van der Waals surface area contributed by atoms with Crippen LogP contribution in [-0.2, 0) is 13.1 Å². The van der Waals surface area contributed by atoms with Gasteiger partial charge in [-0.15, -0.1) is 0 Å². The summed E-state index contributed by atoms with van der Waals surface area (Å²) in [7, 11) is 2.23. The Hall–Kier alpha value is -1.84. The molecule has 1 aliphatic rings. The molecule has 1 aliphatic heterocycles. The molecule has 126 valence electrons. The Morgan fingerprint density at radius 2 is 1.71 bits per heavy atom. The van der Waals surface area contributed by atoms with E-state index in [1.165, 1.54) is 60.0 Å². The van der Waals surface area contributed by atoms with E-state index in [2.05, 4.69) is 70.8 Å². The summed E-state index contributed by atoms with van der Waals surface area (Å²) in [6.45, 7) is 9.09. The second-order valence-corrected chi connectivity index (χ2v) is 7.05. The first-order valence-corrected chi connectivity index (χ1v) is 9.17. The number of likely N-dealkylation sites (N-methyl/N-ethyl adjacent to an activating group) is 1. The highest BCUT2D eigenvalue weighted by molar-refractivity contribution is 6.08. The second-order valence-electron chi connectivity index (χ2n) is 7.05. The van der Waals surface area contributed by atoms with Gasteiger partial charge in [-0.3, -0.25) is 4.90 Å². The van der Waals surface area contributed by atoms with Gasteiger partial charge in [-0.25, -0.2) is 0 Å². The zero-order valence-corrected chi connectivity index (χ0v) is 14.8. The normalized spacial score (nSPS) is 17.6. The highest BCUT2D eigenvalue weighted by atomic mass is 15.2. The topological polar surface area (TPSA) is 11.4 Å². The third-order valence-corrected chi connectivity index (χ3v) is 5.37. The third-order valence-electron chi connectivity index (χ3n) is 5.37. The van der Waals surface area contributed by atoms with Crippen LogP contribution in [0, 0.1) is 0 Å². The van der Waals surface area contributed by atoms with Crippen LogP contribution >= 0.6 is 0 Å². The van der Waals surface area contributed by atoms with Gasteiger partial charge in [0.05, 0.1) is 0 Å². The summed E-state index contributed by atoms with van der Waals surface area (Å²) in [6, 6.07) is 15.8. The first-order valence-electron chi connectivity index (χ1n) is 9.17. The molecule has 3 aromatic rings. The van der Waals surface area contributed by atoms with Gasteiger partial charge in [0.2, 0.25) is 0 Å². The molecule has 1 fully saturated rings. The van der Waals surface area contributed by atoms with Crippen molar-refractivity contribution in [3.05, 3.63) is 48.0 Å². The highest BCUT2D eigenvalue weighted by Crippen LogP contribution is 2.30. The van der Waals surface area contributed by atoms with Gasteiger partial charge < -0.3 is 9.47 Å². The lowest BCUT2D eigenvalue weighted by molar-refractivity contribution is 0.269. The summed E-state index contributed by atoms with van der Waals surface area (Å²) in [5.41, 5.74) is 4.15. The largest absolute Gasteiger partial charge is 0.341 e. The van der Waals surface area contributed by atoms with Crippen LogP contribution in [0.3, 0.4) is 0 Å². The van der Waals surface area contributed by atoms with E-state index in [0.717, 1.165) is 13.1 Å². The number of benzene rings is 2. The lowest BCUT2D eigenvalue weighted by Gasteiger charge is -2.20. The molecule has 0 radical (unpaired) electrons. The maximum Gasteiger partial charge on any atom is 0.0491 e. The van der Waals surface area contributed by atoms with Crippen molar-refractivity contribution >= 4 is 21.8 Å². The van der Waals surface area contributed by atoms with Crippen molar-refractivity contribution in [1.82, 2.24) is 14.4 Å². The molecule has 0 N–H and O–H groups in total. The predicted octanol–water partition coefficient (Wildman–Crippen LogP) is 3.95. The number of hydrogen-bond acceptors (Lipinski definition) is 2. The third kappa shape index (κ3) is 2.83. The minimum Gasteiger partial charge on any atom is -0.341 e. The number of rotatable bonds is 3. The van der Waals surface area contributed by atoms with Gasteiger partial charge in [0, 0.05) is 48.0 Å². The molecule has 4 rings (SSSR count). The molecule has 0 unspecified atom stereocenters. The number of nitrogens with zero attached hydrogens (tertiary/aromatic N) is 3. The fourth-order valence-electron chi connectivity index (χ4n) is 4.06. The number of aryl methyl sites for hydroxylation is 1. The highest BCUT2D eigenvalue weighted by Gasteiger charge is 2.14. The van der Waals surface area contributed by atoms with E-state index in [1.54, 1.807) is 0 Å². The van der Waals surface area contributed by atoms with Gasteiger partial charge in [0.25, 0.3) is 0 Å². The van der Waals surface area contributed by atoms with Gasteiger partial charge in [0.15, 0.2) is 0 Å². The number of aromatic nitrogens is 1. The Balaban J connectivity index is 1.69. The fraction of sp³-hybridized carbons (Fsp3) is 0.429. The summed E-state index contributed by atoms with van der Waals surface area (Å²) in [4.78, 5) is 5.04. The Kier molecular flexibility index (Phi) is 4.30. The zero-order valence-electron chi connectivity index (χ0n) is 14.8. The molecule has 2 aromatic carbocycles. The average molecular weight is 321 g/mol. The quantitative estimate of drug-likeness (QED) is 0.723. The van der Waals surface area contributed by atoms with Gasteiger partial charge in [-0.2, -0.15) is 0 Å². The van der Waals surface area contributed by atoms with Crippen LogP contribution in [0.5, 0.6) is 0 Å². The molecule has 1 saturated heterocycles. The zero-order chi connectivity index (χ0) is 16.5. The van der Waals surface area contributed by atoms with E-state index in [1.807, 2.05) is 0 Å². The van der Waals surface area contributed by atoms with Crippen molar-refractivity contribution in [3.63, 3.8) is 0 Å². The average Bonchev–Trinajstić information content (AvgIpc) is 2.77. The summed E-state index contributed by atoms with van der Waals surface area (Å²) >= 11 is 0. The Bertz CT molecular complexity index is 849. The summed E-state index contributed by atoms with van der Waals surface area (Å²) in [6.07, 6.45) is 1.27. The van der Waals surface area contributed by atoms with Crippen molar-refractivity contribution in [3.8, 4) is 0 Å². The molecular formula is C21H27N3. The van der Waals surface area contributed by atoms with Crippen molar-refractivity contribution in [2.24, 2.45) is 0 Å². The van der Waals surface area contributed by atoms with Crippen LogP contribution in [0.1, 0.15) is 18.9 Å². The smallest absolute Gasteiger partial charge is 0.0491 e. The predicted molar refractivity (Wildman–Crippen MR) is 103 cm³/mol. The molecule has 0 spiro atoms. The van der Waals surface area contributed by atoms with E-state index in [0.29, 0.717) is 0 Å². The Morgan fingerprint density at radius 1 is 0.875 bits per heavy atom. The van der Waals surface area contributed by atoms with Crippen LogP contribution in [-0.4, -0.2) is 47.6 Å². The Labute approximate surface area is 144 Å². The minimum absolute atomic E-state index is 1.02. The molecule has 0 amide bonds. The molecule has 0 saturated carbocycles. The standard InChI is InChI=1S/C21H27N3/c1-3-24-20-8-5-4-7-18(20)19-15-17(9-10-21(19)24)16-23-12-6-11-22(2)13-14-23/h4-5,7-10,15H,3,6,11-14,16H2,1-2H3. The van der Waals surface area contributed by atoms with Crippen molar-refractivity contribution in [2.45, 2.75) is 26.4 Å². The number of hydrogen-bond donors (Lipinski definition) is 0. The van der Waals surface area contributed by atoms with Gasteiger partial charge in [-0.05, 0) is 57.2 Å². The van der Waals surface area contributed by atoms with E-state index in [9.17, 15) is 0 Å². The van der Waals surface area contributed by atoms with Crippen molar-refractivity contribution < 1.29 is 0 Å². The van der Waals surface area contributed by atoms with Crippen molar-refractivity contribution in [1.29, 1.82) is 0 Å². The summed E-state index contributed by atoms with van der Waals surface area (Å²) < 4.78 is 2.43.